The highest BCUT2D eigenvalue weighted by molar-refractivity contribution is 6.35. The molecule has 0 aliphatic heterocycles. The van der Waals surface area contributed by atoms with Crippen molar-refractivity contribution in [1.29, 1.82) is 0 Å². The summed E-state index contributed by atoms with van der Waals surface area (Å²) in [6.07, 6.45) is 1.90. The minimum atomic E-state index is -6.73. The van der Waals surface area contributed by atoms with Crippen molar-refractivity contribution < 1.29 is 54.3 Å². The van der Waals surface area contributed by atoms with E-state index >= 15 is 0 Å². The Bertz CT molecular complexity index is 1480. The van der Waals surface area contributed by atoms with Gasteiger partial charge in [-0.25, -0.2) is 8.78 Å². The number of amides is 2. The lowest BCUT2D eigenvalue weighted by Crippen LogP contribution is -2.67. The van der Waals surface area contributed by atoms with E-state index in [-0.39, 0.29) is 23.2 Å². The summed E-state index contributed by atoms with van der Waals surface area (Å²) in [5, 5.41) is -14.5. The number of fused-ring (bicyclic) bond motifs is 2. The number of carbonyl (C=O) groups is 4. The molecule has 234 valence electrons. The molecule has 2 atom stereocenters. The number of nitrogens with one attached hydrogen (secondary N) is 2. The van der Waals surface area contributed by atoms with Crippen molar-refractivity contribution in [2.24, 2.45) is 0 Å². The van der Waals surface area contributed by atoms with Gasteiger partial charge in [0.1, 0.15) is 0 Å². The maximum atomic E-state index is 14.8. The lowest BCUT2D eigenvalue weighted by atomic mass is 9.82. The van der Waals surface area contributed by atoms with Gasteiger partial charge in [0.25, 0.3) is 5.91 Å². The van der Waals surface area contributed by atoms with Crippen molar-refractivity contribution in [1.82, 2.24) is 0 Å². The molecule has 0 saturated carbocycles. The summed E-state index contributed by atoms with van der Waals surface area (Å²) in [5.74, 6) is -18.6. The van der Waals surface area contributed by atoms with Gasteiger partial charge in [-0.15, -0.1) is 0 Å². The lowest BCUT2D eigenvalue weighted by molar-refractivity contribution is -0.258. The Morgan fingerprint density at radius 1 is 0.721 bits per heavy atom. The molecule has 0 fully saturated rings. The fourth-order valence-corrected chi connectivity index (χ4v) is 4.61. The predicted octanol–water partition coefficient (Wildman–Crippen LogP) is 7.83. The molecule has 2 amide bonds. The monoisotopic (exact) mass is 680 g/mol. The molecule has 43 heavy (non-hydrogen) atoms. The van der Waals surface area contributed by atoms with E-state index in [4.69, 9.17) is 0 Å². The van der Waals surface area contributed by atoms with E-state index in [9.17, 15) is 54.3 Å². The molecule has 2 aromatic rings. The van der Waals surface area contributed by atoms with Gasteiger partial charge in [0.05, 0.1) is 22.5 Å². The van der Waals surface area contributed by atoms with Crippen molar-refractivity contribution in [3.63, 3.8) is 0 Å². The first kappa shape index (κ1) is 34.5. The average molecular weight is 682 g/mol. The van der Waals surface area contributed by atoms with Crippen molar-refractivity contribution in [3.8, 4) is 0 Å². The van der Waals surface area contributed by atoms with E-state index in [1.165, 1.54) is 23.5 Å². The Morgan fingerprint density at radius 3 is 1.63 bits per heavy atom. The lowest BCUT2D eigenvalue weighted by Gasteiger charge is -2.39. The number of hydrogen-bond donors (Lipinski definition) is 2. The summed E-state index contributed by atoms with van der Waals surface area (Å²) in [7, 11) is 0. The number of carbonyl (C=O) groups excluding carboxylic acids is 4. The molecule has 1 aliphatic rings. The van der Waals surface area contributed by atoms with Gasteiger partial charge >= 0.3 is 27.5 Å². The maximum Gasteiger partial charge on any atom is 0.378 e. The SMILES string of the molecule is CCCCCC(=O)Nc1ccc(NC(=O)C(F)(F)C(F)(Cl)C(F)(F)C(F)(Cl)C(F)(F)Cl)c2c1C(=O)c1ccccc1C2=O. The number of anilines is 2. The Morgan fingerprint density at radius 2 is 1.19 bits per heavy atom. The first-order valence-electron chi connectivity index (χ1n) is 12.2. The van der Waals surface area contributed by atoms with Crippen LogP contribution in [-0.2, 0) is 9.59 Å². The van der Waals surface area contributed by atoms with Crippen LogP contribution in [0.15, 0.2) is 36.4 Å². The fourth-order valence-electron chi connectivity index (χ4n) is 4.10. The topological polar surface area (TPSA) is 92.3 Å². The first-order chi connectivity index (χ1) is 19.6. The van der Waals surface area contributed by atoms with Gasteiger partial charge in [0, 0.05) is 17.5 Å². The van der Waals surface area contributed by atoms with E-state index in [1.807, 2.05) is 6.92 Å². The molecule has 2 aromatic carbocycles. The van der Waals surface area contributed by atoms with Crippen LogP contribution < -0.4 is 10.6 Å². The Labute approximate surface area is 253 Å². The van der Waals surface area contributed by atoms with Gasteiger partial charge in [0.15, 0.2) is 11.6 Å². The molecule has 0 spiro atoms. The zero-order valence-corrected chi connectivity index (χ0v) is 23.9. The van der Waals surface area contributed by atoms with Gasteiger partial charge in [-0.05, 0) is 30.2 Å². The number of ketones is 2. The predicted molar refractivity (Wildman–Crippen MR) is 141 cm³/mol. The largest absolute Gasteiger partial charge is 0.378 e. The maximum absolute atomic E-state index is 14.8. The van der Waals surface area contributed by atoms with Crippen LogP contribution in [0.3, 0.4) is 0 Å². The van der Waals surface area contributed by atoms with Crippen LogP contribution in [0, 0.1) is 0 Å². The second kappa shape index (κ2) is 11.8. The number of unbranched alkanes of at least 4 members (excludes halogenated alkanes) is 2. The summed E-state index contributed by atoms with van der Waals surface area (Å²) in [4.78, 5) is 51.6. The van der Waals surface area contributed by atoms with Gasteiger partial charge in [0.2, 0.25) is 5.91 Å². The van der Waals surface area contributed by atoms with Crippen LogP contribution in [-0.4, -0.2) is 50.9 Å². The van der Waals surface area contributed by atoms with E-state index in [2.05, 4.69) is 40.1 Å². The second-order valence-electron chi connectivity index (χ2n) is 9.37. The number of alkyl halides is 11. The molecule has 0 heterocycles. The molecule has 0 bridgehead atoms. The quantitative estimate of drug-likeness (QED) is 0.123. The van der Waals surface area contributed by atoms with Crippen LogP contribution in [0.4, 0.5) is 46.5 Å². The minimum Gasteiger partial charge on any atom is -0.325 e. The Hall–Kier alpha value is -2.97. The first-order valence-corrected chi connectivity index (χ1v) is 13.3. The average Bonchev–Trinajstić information content (AvgIpc) is 2.91. The third kappa shape index (κ3) is 5.80. The molecule has 0 aromatic heterocycles. The molecule has 2 N–H and O–H groups in total. The van der Waals surface area contributed by atoms with Crippen molar-refractivity contribution in [3.05, 3.63) is 58.7 Å². The van der Waals surface area contributed by atoms with Crippen LogP contribution in [0.2, 0.25) is 0 Å². The van der Waals surface area contributed by atoms with Crippen molar-refractivity contribution in [2.45, 2.75) is 60.1 Å². The van der Waals surface area contributed by atoms with Gasteiger partial charge in [-0.2, -0.15) is 26.3 Å². The number of hydrogen-bond acceptors (Lipinski definition) is 4. The highest BCUT2D eigenvalue weighted by Gasteiger charge is 2.84. The molecule has 0 radical (unpaired) electrons. The molecule has 3 rings (SSSR count). The highest BCUT2D eigenvalue weighted by atomic mass is 35.5. The van der Waals surface area contributed by atoms with Crippen LogP contribution in [0.1, 0.15) is 64.4 Å². The third-order valence-corrected chi connectivity index (χ3v) is 7.74. The zero-order chi connectivity index (χ0) is 32.8. The Balaban J connectivity index is 2.10. The fraction of sp³-hybridized carbons (Fsp3) is 0.385. The third-order valence-electron chi connectivity index (χ3n) is 6.43. The van der Waals surface area contributed by atoms with E-state index in [0.29, 0.717) is 18.9 Å². The molecular formula is C26H19Cl3F8N2O4. The standard InChI is InChI=1S/C26H19Cl3F8N2O4/c1-2-3-4-9-16(40)38-14-10-11-15(18-17(14)19(41)12-7-5-6-8-13(12)20(18)42)39-21(43)22(30,31)23(27,32)25(34,35)24(28,33)26(29,36)37/h5-8,10-11H,2-4,9H2,1H3,(H,38,40)(H,39,43). The summed E-state index contributed by atoms with van der Waals surface area (Å²) in [6.45, 7) is 1.88. The Kier molecular flexibility index (Phi) is 9.51. The van der Waals surface area contributed by atoms with Crippen LogP contribution >= 0.6 is 34.8 Å². The summed E-state index contributed by atoms with van der Waals surface area (Å²) < 4.78 is 113. The molecule has 17 heteroatoms. The minimum absolute atomic E-state index is 0.00740. The number of benzene rings is 2. The van der Waals surface area contributed by atoms with Crippen molar-refractivity contribution in [2.75, 3.05) is 10.6 Å². The van der Waals surface area contributed by atoms with E-state index < -0.39 is 67.7 Å². The molecular weight excluding hydrogens is 663 g/mol. The number of rotatable bonds is 11. The summed E-state index contributed by atoms with van der Waals surface area (Å²) >= 11 is 13.0. The van der Waals surface area contributed by atoms with Crippen LogP contribution in [0.5, 0.6) is 0 Å². The zero-order valence-electron chi connectivity index (χ0n) is 21.6. The summed E-state index contributed by atoms with van der Waals surface area (Å²) in [5.41, 5.74) is -3.14. The second-order valence-corrected chi connectivity index (χ2v) is 10.9. The molecule has 1 aliphatic carbocycles. The van der Waals surface area contributed by atoms with E-state index in [0.717, 1.165) is 18.6 Å². The van der Waals surface area contributed by atoms with E-state index in [1.54, 1.807) is 0 Å². The summed E-state index contributed by atoms with van der Waals surface area (Å²) in [6, 6.07) is 6.72. The highest BCUT2D eigenvalue weighted by Crippen LogP contribution is 2.60. The van der Waals surface area contributed by atoms with Gasteiger partial charge in [-0.1, -0.05) is 67.2 Å². The van der Waals surface area contributed by atoms with Crippen LogP contribution in [0.25, 0.3) is 0 Å². The molecule has 0 saturated heterocycles. The van der Waals surface area contributed by atoms with Crippen molar-refractivity contribution >= 4 is 69.6 Å². The number of halogens is 11. The molecule has 6 nitrogen and oxygen atoms in total. The van der Waals surface area contributed by atoms with Gasteiger partial charge < -0.3 is 10.6 Å². The van der Waals surface area contributed by atoms with Gasteiger partial charge in [-0.3, -0.25) is 19.2 Å². The smallest absolute Gasteiger partial charge is 0.325 e. The normalized spacial score (nSPS) is 16.5. The molecule has 2 unspecified atom stereocenters.